The number of halogens is 3. The van der Waals surface area contributed by atoms with E-state index >= 15 is 0 Å². The number of carboxylic acid groups (broad SMARTS) is 1. The Balaban J connectivity index is 1.14. The Bertz CT molecular complexity index is 1860. The predicted octanol–water partition coefficient (Wildman–Crippen LogP) is 9.78. The third-order valence-corrected chi connectivity index (χ3v) is 12.3. The molecule has 0 bridgehead atoms. The number of ether oxygens (including phenoxy) is 2. The highest BCUT2D eigenvalue weighted by Gasteiger charge is 2.35. The van der Waals surface area contributed by atoms with Gasteiger partial charge in [-0.05, 0) is 149 Å². The number of hydrogen-bond acceptors (Lipinski definition) is 7. The molecule has 6 rings (SSSR count). The van der Waals surface area contributed by atoms with Crippen molar-refractivity contribution in [2.24, 2.45) is 23.2 Å². The summed E-state index contributed by atoms with van der Waals surface area (Å²) in [5.74, 6) is 1.01. The van der Waals surface area contributed by atoms with Crippen LogP contribution in [0.4, 0.5) is 18.9 Å². The average Bonchev–Trinajstić information content (AvgIpc) is 3.18. The first kappa shape index (κ1) is 42.7. The van der Waals surface area contributed by atoms with Gasteiger partial charge < -0.3 is 30.1 Å². The zero-order valence-corrected chi connectivity index (χ0v) is 34.3. The maximum atomic E-state index is 14.0. The first-order valence-corrected chi connectivity index (χ1v) is 20.9. The van der Waals surface area contributed by atoms with Gasteiger partial charge in [-0.25, -0.2) is 4.79 Å². The molecule has 0 spiro atoms. The maximum Gasteiger partial charge on any atom is 0.416 e. The number of hydrogen-bond donors (Lipinski definition) is 3. The summed E-state index contributed by atoms with van der Waals surface area (Å²) in [6, 6.07) is 8.33. The van der Waals surface area contributed by atoms with Crippen LogP contribution >= 0.6 is 0 Å². The Morgan fingerprint density at radius 3 is 2.28 bits per heavy atom. The molecular formula is C45H61F3N4O5. The lowest BCUT2D eigenvalue weighted by molar-refractivity contribution is -0.138. The lowest BCUT2D eigenvalue weighted by Crippen LogP contribution is -2.42. The van der Waals surface area contributed by atoms with Gasteiger partial charge in [0.05, 0.1) is 29.8 Å². The minimum absolute atomic E-state index is 0.000392. The molecule has 9 nitrogen and oxygen atoms in total. The van der Waals surface area contributed by atoms with Gasteiger partial charge in [-0.1, -0.05) is 20.8 Å². The molecule has 3 aromatic rings. The highest BCUT2D eigenvalue weighted by molar-refractivity contribution is 5.94. The number of benzene rings is 2. The smallest absolute Gasteiger partial charge is 0.416 e. The number of pyridine rings is 1. The monoisotopic (exact) mass is 794 g/mol. The number of aryl methyl sites for hydroxylation is 1. The van der Waals surface area contributed by atoms with Crippen molar-refractivity contribution in [3.8, 4) is 5.75 Å². The van der Waals surface area contributed by atoms with Crippen molar-refractivity contribution in [2.45, 2.75) is 110 Å². The zero-order valence-electron chi connectivity index (χ0n) is 34.3. The van der Waals surface area contributed by atoms with E-state index in [1.54, 1.807) is 7.11 Å². The van der Waals surface area contributed by atoms with Crippen LogP contribution in [0.3, 0.4) is 0 Å². The van der Waals surface area contributed by atoms with E-state index in [2.05, 4.69) is 21.6 Å². The largest absolute Gasteiger partial charge is 0.496 e. The van der Waals surface area contributed by atoms with Gasteiger partial charge >= 0.3 is 12.1 Å². The van der Waals surface area contributed by atoms with Crippen molar-refractivity contribution in [3.05, 3.63) is 64.3 Å². The number of methoxy groups -OCH3 is 1. The van der Waals surface area contributed by atoms with Crippen molar-refractivity contribution in [1.82, 2.24) is 15.2 Å². The molecule has 57 heavy (non-hydrogen) atoms. The molecule has 1 amide bonds. The summed E-state index contributed by atoms with van der Waals surface area (Å²) in [4.78, 5) is 32.6. The van der Waals surface area contributed by atoms with E-state index in [-0.39, 0.29) is 28.7 Å². The van der Waals surface area contributed by atoms with Crippen molar-refractivity contribution in [2.75, 3.05) is 51.8 Å². The molecule has 2 aromatic carbocycles. The number of fused-ring (bicyclic) bond motifs is 1. The van der Waals surface area contributed by atoms with Gasteiger partial charge in [0.25, 0.3) is 0 Å². The standard InChI is InChI=1S/C45H61F3N4O5/c1-28-20-38(51-40(26-44(2,3)4)33-21-34(43(54)55)23-35(22-33)45(46,47)48)37-24-36(41(56-5)25-39(37)50-28)31-6-8-32(9-7-31)42(53)52-17-12-29(13-18-52)14-19-57-27-30-10-15-49-16-11-30/h20-25,29-32,40,49H,6-19,26-27H2,1-5H3,(H,50,51)(H,54,55)/t31?,32?,40-/m1/s1. The summed E-state index contributed by atoms with van der Waals surface area (Å²) in [5, 5.41) is 17.5. The summed E-state index contributed by atoms with van der Waals surface area (Å²) >= 11 is 0. The quantitative estimate of drug-likeness (QED) is 0.147. The van der Waals surface area contributed by atoms with Gasteiger partial charge in [-0.2, -0.15) is 13.2 Å². The third-order valence-electron chi connectivity index (χ3n) is 12.3. The molecule has 3 N–H and O–H groups in total. The van der Waals surface area contributed by atoms with Crippen LogP contribution in [0.15, 0.2) is 36.4 Å². The maximum absolute atomic E-state index is 14.0. The number of likely N-dealkylation sites (tertiary alicyclic amines) is 1. The summed E-state index contributed by atoms with van der Waals surface area (Å²) in [5.41, 5.74) is 1.65. The van der Waals surface area contributed by atoms with Crippen LogP contribution in [0.1, 0.15) is 130 Å². The van der Waals surface area contributed by atoms with E-state index in [1.165, 1.54) is 18.9 Å². The Hall–Kier alpha value is -3.90. The Labute approximate surface area is 335 Å². The number of carboxylic acids is 1. The molecule has 3 aliphatic rings. The lowest BCUT2D eigenvalue weighted by atomic mass is 9.77. The second-order valence-corrected chi connectivity index (χ2v) is 17.9. The Kier molecular flexibility index (Phi) is 13.7. The molecule has 1 atom stereocenters. The van der Waals surface area contributed by atoms with Crippen LogP contribution in [0.2, 0.25) is 0 Å². The highest BCUT2D eigenvalue weighted by Crippen LogP contribution is 2.44. The molecule has 0 radical (unpaired) electrons. The Morgan fingerprint density at radius 2 is 1.65 bits per heavy atom. The second kappa shape index (κ2) is 18.4. The van der Waals surface area contributed by atoms with Crippen molar-refractivity contribution >= 4 is 28.5 Å². The minimum atomic E-state index is -4.71. The number of carbonyl (C=O) groups excluding carboxylic acids is 1. The van der Waals surface area contributed by atoms with Crippen LogP contribution in [-0.2, 0) is 15.7 Å². The van der Waals surface area contributed by atoms with Gasteiger partial charge in [0, 0.05) is 55.1 Å². The molecule has 3 fully saturated rings. The SMILES string of the molecule is COc1cc2nc(C)cc(N[C@H](CC(C)(C)C)c3cc(C(=O)O)cc(C(F)(F)F)c3)c2cc1C1CCC(C(=O)N2CCC(CCOCC3CCNCC3)CC2)CC1. The molecule has 12 heteroatoms. The van der Waals surface area contributed by atoms with Gasteiger partial charge in [0.1, 0.15) is 5.75 Å². The average molecular weight is 795 g/mol. The fraction of sp³-hybridized carbons (Fsp3) is 0.622. The molecule has 2 aliphatic heterocycles. The van der Waals surface area contributed by atoms with E-state index in [0.717, 1.165) is 107 Å². The van der Waals surface area contributed by atoms with Crippen LogP contribution < -0.4 is 15.4 Å². The number of rotatable bonds is 13. The molecular weight excluding hydrogens is 734 g/mol. The molecule has 1 aromatic heterocycles. The first-order chi connectivity index (χ1) is 27.1. The molecule has 1 aliphatic carbocycles. The van der Waals surface area contributed by atoms with E-state index in [4.69, 9.17) is 14.5 Å². The fourth-order valence-corrected chi connectivity index (χ4v) is 9.11. The molecule has 2 saturated heterocycles. The molecule has 1 saturated carbocycles. The van der Waals surface area contributed by atoms with E-state index in [9.17, 15) is 27.9 Å². The number of carbonyl (C=O) groups is 2. The van der Waals surface area contributed by atoms with Crippen LogP contribution in [0.25, 0.3) is 10.9 Å². The van der Waals surface area contributed by atoms with Crippen LogP contribution in [-0.4, -0.2) is 73.4 Å². The minimum Gasteiger partial charge on any atom is -0.496 e. The number of aromatic carboxylic acids is 1. The summed E-state index contributed by atoms with van der Waals surface area (Å²) in [7, 11) is 1.64. The summed E-state index contributed by atoms with van der Waals surface area (Å²) < 4.78 is 54.0. The lowest BCUT2D eigenvalue weighted by Gasteiger charge is -2.36. The van der Waals surface area contributed by atoms with Crippen LogP contribution in [0, 0.1) is 30.1 Å². The second-order valence-electron chi connectivity index (χ2n) is 17.9. The molecule has 3 heterocycles. The highest BCUT2D eigenvalue weighted by atomic mass is 19.4. The third kappa shape index (κ3) is 11.2. The number of anilines is 1. The number of alkyl halides is 3. The topological polar surface area (TPSA) is 113 Å². The first-order valence-electron chi connectivity index (χ1n) is 20.9. The van der Waals surface area contributed by atoms with Gasteiger partial charge in [-0.15, -0.1) is 0 Å². The Morgan fingerprint density at radius 1 is 0.947 bits per heavy atom. The van der Waals surface area contributed by atoms with E-state index < -0.39 is 29.3 Å². The summed E-state index contributed by atoms with van der Waals surface area (Å²) in [6.07, 6.45) is 4.49. The zero-order chi connectivity index (χ0) is 40.9. The van der Waals surface area contributed by atoms with Gasteiger partial charge in [0.15, 0.2) is 0 Å². The van der Waals surface area contributed by atoms with Crippen molar-refractivity contribution in [3.63, 3.8) is 0 Å². The number of nitrogens with one attached hydrogen (secondary N) is 2. The molecule has 312 valence electrons. The van der Waals surface area contributed by atoms with Gasteiger partial charge in [0.2, 0.25) is 5.91 Å². The number of nitrogens with zero attached hydrogens (tertiary/aromatic N) is 2. The summed E-state index contributed by atoms with van der Waals surface area (Å²) in [6.45, 7) is 13.3. The normalized spacial score (nSPS) is 20.7. The van der Waals surface area contributed by atoms with Crippen LogP contribution in [0.5, 0.6) is 5.75 Å². The number of piperidine rings is 2. The number of aromatic nitrogens is 1. The number of amides is 1. The van der Waals surface area contributed by atoms with Crippen molar-refractivity contribution in [1.29, 1.82) is 0 Å². The van der Waals surface area contributed by atoms with Gasteiger partial charge in [-0.3, -0.25) is 9.78 Å². The predicted molar refractivity (Wildman–Crippen MR) is 217 cm³/mol. The molecule has 0 unspecified atom stereocenters. The van der Waals surface area contributed by atoms with Crippen molar-refractivity contribution < 1.29 is 37.3 Å². The van der Waals surface area contributed by atoms with E-state index in [1.807, 2.05) is 39.8 Å². The van der Waals surface area contributed by atoms with E-state index in [0.29, 0.717) is 41.2 Å². The fourth-order valence-electron chi connectivity index (χ4n) is 9.11.